The van der Waals surface area contributed by atoms with Crippen LogP contribution in [0.1, 0.15) is 45.4 Å². The summed E-state index contributed by atoms with van der Waals surface area (Å²) >= 11 is 0. The van der Waals surface area contributed by atoms with Crippen LogP contribution in [-0.2, 0) is 0 Å². The lowest BCUT2D eigenvalue weighted by atomic mass is 10.1. The molecule has 3 nitrogen and oxygen atoms in total. The Morgan fingerprint density at radius 1 is 1.06 bits per heavy atom. The quantitative estimate of drug-likeness (QED) is 0.773. The molecule has 0 amide bonds. The monoisotopic (exact) mass is 253 g/mol. The van der Waals surface area contributed by atoms with Crippen LogP contribution in [0.2, 0.25) is 0 Å². The zero-order chi connectivity index (χ0) is 12.8. The number of nitrogens with zero attached hydrogens (tertiary/aromatic N) is 2. The molecular weight excluding hydrogens is 222 g/mol. The van der Waals surface area contributed by atoms with Crippen LogP contribution in [0.15, 0.2) is 0 Å². The Labute approximate surface area is 113 Å². The van der Waals surface area contributed by atoms with Crippen molar-refractivity contribution in [3.05, 3.63) is 0 Å². The Morgan fingerprint density at radius 3 is 2.44 bits per heavy atom. The second-order valence-corrected chi connectivity index (χ2v) is 6.27. The van der Waals surface area contributed by atoms with Crippen molar-refractivity contribution in [1.29, 1.82) is 0 Å². The van der Waals surface area contributed by atoms with E-state index in [1.54, 1.807) is 0 Å². The summed E-state index contributed by atoms with van der Waals surface area (Å²) < 4.78 is 0. The first-order valence-electron chi connectivity index (χ1n) is 7.91. The first-order chi connectivity index (χ1) is 8.75. The van der Waals surface area contributed by atoms with Gasteiger partial charge in [0.05, 0.1) is 0 Å². The molecule has 1 aliphatic carbocycles. The summed E-state index contributed by atoms with van der Waals surface area (Å²) in [6.07, 6.45) is 8.58. The van der Waals surface area contributed by atoms with E-state index in [9.17, 15) is 0 Å². The molecule has 2 fully saturated rings. The highest BCUT2D eigenvalue weighted by molar-refractivity contribution is 4.78. The summed E-state index contributed by atoms with van der Waals surface area (Å²) in [6.45, 7) is 8.46. The van der Waals surface area contributed by atoms with E-state index in [1.165, 1.54) is 71.2 Å². The number of rotatable bonds is 4. The molecule has 3 heteroatoms. The minimum Gasteiger partial charge on any atom is -0.313 e. The smallest absolute Gasteiger partial charge is 0.0192 e. The molecule has 0 aromatic carbocycles. The summed E-state index contributed by atoms with van der Waals surface area (Å²) in [5, 5.41) is 3.78. The van der Waals surface area contributed by atoms with E-state index in [1.807, 2.05) is 0 Å². The molecule has 106 valence electrons. The van der Waals surface area contributed by atoms with Gasteiger partial charge >= 0.3 is 0 Å². The average Bonchev–Trinajstić information content (AvgIpc) is 2.62. The molecular formula is C15H31N3. The lowest BCUT2D eigenvalue weighted by molar-refractivity contribution is 0.105. The molecule has 0 aromatic rings. The standard InChI is InChI=1S/C15H31N3/c1-14-13-18(12-11-17(14)2)10-9-16-15-7-5-3-4-6-8-15/h14-16H,3-13H2,1-2H3. The fraction of sp³-hybridized carbons (Fsp3) is 1.00. The maximum Gasteiger partial charge on any atom is 0.0192 e. The summed E-state index contributed by atoms with van der Waals surface area (Å²) in [5.74, 6) is 0. The fourth-order valence-corrected chi connectivity index (χ4v) is 3.24. The predicted molar refractivity (Wildman–Crippen MR) is 78.0 cm³/mol. The zero-order valence-corrected chi connectivity index (χ0v) is 12.3. The summed E-state index contributed by atoms with van der Waals surface area (Å²) in [4.78, 5) is 5.09. The minimum atomic E-state index is 0.719. The molecule has 1 aliphatic heterocycles. The van der Waals surface area contributed by atoms with Crippen molar-refractivity contribution in [2.45, 2.75) is 57.5 Å². The second-order valence-electron chi connectivity index (χ2n) is 6.27. The van der Waals surface area contributed by atoms with Gasteiger partial charge in [0, 0.05) is 44.8 Å². The number of piperazine rings is 1. The van der Waals surface area contributed by atoms with E-state index >= 15 is 0 Å². The highest BCUT2D eigenvalue weighted by Gasteiger charge is 2.20. The number of nitrogens with one attached hydrogen (secondary N) is 1. The Hall–Kier alpha value is -0.120. The largest absolute Gasteiger partial charge is 0.313 e. The SMILES string of the molecule is CC1CN(CCNC2CCCCCC2)CCN1C. The molecule has 1 saturated heterocycles. The van der Waals surface area contributed by atoms with Gasteiger partial charge in [-0.25, -0.2) is 0 Å². The average molecular weight is 253 g/mol. The topological polar surface area (TPSA) is 18.5 Å². The molecule has 1 saturated carbocycles. The fourth-order valence-electron chi connectivity index (χ4n) is 3.24. The van der Waals surface area contributed by atoms with E-state index in [-0.39, 0.29) is 0 Å². The molecule has 0 bridgehead atoms. The molecule has 1 N–H and O–H groups in total. The van der Waals surface area contributed by atoms with Gasteiger partial charge in [-0.15, -0.1) is 0 Å². The van der Waals surface area contributed by atoms with E-state index in [2.05, 4.69) is 29.1 Å². The van der Waals surface area contributed by atoms with Crippen LogP contribution in [0.4, 0.5) is 0 Å². The van der Waals surface area contributed by atoms with Crippen molar-refractivity contribution in [3.8, 4) is 0 Å². The Kier molecular flexibility index (Phi) is 5.93. The van der Waals surface area contributed by atoms with E-state index in [0.29, 0.717) is 0 Å². The highest BCUT2D eigenvalue weighted by Crippen LogP contribution is 2.17. The molecule has 1 heterocycles. The molecule has 1 atom stereocenters. The third-order valence-corrected chi connectivity index (χ3v) is 4.76. The van der Waals surface area contributed by atoms with Gasteiger partial charge in [0.1, 0.15) is 0 Å². The van der Waals surface area contributed by atoms with E-state index in [0.717, 1.165) is 12.1 Å². The molecule has 18 heavy (non-hydrogen) atoms. The summed E-state index contributed by atoms with van der Waals surface area (Å²) in [7, 11) is 2.24. The van der Waals surface area contributed by atoms with Crippen LogP contribution in [0.5, 0.6) is 0 Å². The van der Waals surface area contributed by atoms with Gasteiger partial charge < -0.3 is 10.2 Å². The number of likely N-dealkylation sites (N-methyl/N-ethyl adjacent to an activating group) is 1. The van der Waals surface area contributed by atoms with Gasteiger partial charge in [-0.1, -0.05) is 25.7 Å². The summed E-state index contributed by atoms with van der Waals surface area (Å²) in [6, 6.07) is 1.52. The molecule has 0 radical (unpaired) electrons. The van der Waals surface area contributed by atoms with Crippen LogP contribution in [0.25, 0.3) is 0 Å². The molecule has 2 aliphatic rings. The third kappa shape index (κ3) is 4.52. The van der Waals surface area contributed by atoms with E-state index < -0.39 is 0 Å². The third-order valence-electron chi connectivity index (χ3n) is 4.76. The first kappa shape index (κ1) is 14.3. The Bertz CT molecular complexity index is 224. The minimum absolute atomic E-state index is 0.719. The maximum atomic E-state index is 3.78. The van der Waals surface area contributed by atoms with Crippen molar-refractivity contribution < 1.29 is 0 Å². The van der Waals surface area contributed by atoms with Gasteiger partial charge in [0.15, 0.2) is 0 Å². The van der Waals surface area contributed by atoms with Crippen molar-refractivity contribution in [2.24, 2.45) is 0 Å². The van der Waals surface area contributed by atoms with Crippen molar-refractivity contribution in [2.75, 3.05) is 39.8 Å². The van der Waals surface area contributed by atoms with Gasteiger partial charge in [-0.2, -0.15) is 0 Å². The van der Waals surface area contributed by atoms with Crippen molar-refractivity contribution >= 4 is 0 Å². The zero-order valence-electron chi connectivity index (χ0n) is 12.3. The van der Waals surface area contributed by atoms with Crippen molar-refractivity contribution in [1.82, 2.24) is 15.1 Å². The Balaban J connectivity index is 1.60. The maximum absolute atomic E-state index is 3.78. The van der Waals surface area contributed by atoms with Crippen LogP contribution in [0, 0.1) is 0 Å². The predicted octanol–water partition coefficient (Wildman–Crippen LogP) is 1.93. The van der Waals surface area contributed by atoms with Crippen LogP contribution in [0.3, 0.4) is 0 Å². The highest BCUT2D eigenvalue weighted by atomic mass is 15.3. The second kappa shape index (κ2) is 7.46. The van der Waals surface area contributed by atoms with Gasteiger partial charge in [0.2, 0.25) is 0 Å². The van der Waals surface area contributed by atoms with Crippen molar-refractivity contribution in [3.63, 3.8) is 0 Å². The van der Waals surface area contributed by atoms with Crippen LogP contribution >= 0.6 is 0 Å². The number of hydrogen-bond acceptors (Lipinski definition) is 3. The lowest BCUT2D eigenvalue weighted by Gasteiger charge is -2.37. The van der Waals surface area contributed by atoms with Gasteiger partial charge in [-0.05, 0) is 26.8 Å². The molecule has 2 rings (SSSR count). The van der Waals surface area contributed by atoms with Crippen LogP contribution < -0.4 is 5.32 Å². The van der Waals surface area contributed by atoms with E-state index in [4.69, 9.17) is 0 Å². The van der Waals surface area contributed by atoms with Crippen LogP contribution in [-0.4, -0.2) is 61.7 Å². The molecule has 1 unspecified atom stereocenters. The summed E-state index contributed by atoms with van der Waals surface area (Å²) in [5.41, 5.74) is 0. The van der Waals surface area contributed by atoms with Gasteiger partial charge in [-0.3, -0.25) is 4.90 Å². The normalized spacial score (nSPS) is 29.3. The molecule has 0 aromatic heterocycles. The Morgan fingerprint density at radius 2 is 1.78 bits per heavy atom. The first-order valence-corrected chi connectivity index (χ1v) is 7.91. The molecule has 0 spiro atoms. The lowest BCUT2D eigenvalue weighted by Crippen LogP contribution is -2.51. The number of hydrogen-bond donors (Lipinski definition) is 1. The van der Waals surface area contributed by atoms with Gasteiger partial charge in [0.25, 0.3) is 0 Å².